The van der Waals surface area contributed by atoms with Crippen LogP contribution in [0.2, 0.25) is 0 Å². The zero-order valence-corrected chi connectivity index (χ0v) is 14.9. The molecule has 4 heteroatoms. The molecule has 2 amide bonds. The Kier molecular flexibility index (Phi) is 5.52. The molecule has 2 fully saturated rings. The van der Waals surface area contributed by atoms with Crippen LogP contribution in [0.3, 0.4) is 0 Å². The van der Waals surface area contributed by atoms with Gasteiger partial charge in [0.25, 0.3) is 0 Å². The van der Waals surface area contributed by atoms with E-state index in [1.807, 2.05) is 24.5 Å². The highest BCUT2D eigenvalue weighted by Gasteiger charge is 2.36. The maximum Gasteiger partial charge on any atom is 0.319 e. The van der Waals surface area contributed by atoms with Crippen LogP contribution in [0.5, 0.6) is 0 Å². The number of hydrogen-bond donors (Lipinski definition) is 2. The van der Waals surface area contributed by atoms with E-state index in [0.717, 1.165) is 18.5 Å². The summed E-state index contributed by atoms with van der Waals surface area (Å²) in [7, 11) is 0. The number of anilines is 1. The summed E-state index contributed by atoms with van der Waals surface area (Å²) in [4.78, 5) is 13.4. The predicted molar refractivity (Wildman–Crippen MR) is 98.2 cm³/mol. The molecule has 1 spiro atoms. The average Bonchev–Trinajstić information content (AvgIpc) is 2.58. The summed E-state index contributed by atoms with van der Waals surface area (Å²) in [5.41, 5.74) is 1.48. The van der Waals surface area contributed by atoms with Crippen molar-refractivity contribution in [3.05, 3.63) is 24.3 Å². The van der Waals surface area contributed by atoms with Gasteiger partial charge in [-0.1, -0.05) is 25.3 Å². The van der Waals surface area contributed by atoms with Gasteiger partial charge in [0.15, 0.2) is 0 Å². The minimum Gasteiger partial charge on any atom is -0.335 e. The molecule has 0 saturated heterocycles. The smallest absolute Gasteiger partial charge is 0.319 e. The van der Waals surface area contributed by atoms with Crippen molar-refractivity contribution in [3.8, 4) is 0 Å². The van der Waals surface area contributed by atoms with Crippen molar-refractivity contribution in [1.29, 1.82) is 0 Å². The maximum atomic E-state index is 12.2. The average molecular weight is 333 g/mol. The molecule has 3 rings (SSSR count). The Morgan fingerprint density at radius 3 is 2.57 bits per heavy atom. The molecule has 0 heterocycles. The minimum atomic E-state index is -0.0622. The number of carbonyl (C=O) groups is 1. The molecular formula is C19H28N2OS. The standard InChI is InChI=1S/C19H28N2OS/c1-23-17-7-5-6-16(14-17)21-18(22)20-15-8-12-19(13-9-15)10-3-2-4-11-19/h5-7,14-15H,2-4,8-13H2,1H3,(H2,20,21,22). The fraction of sp³-hybridized carbons (Fsp3) is 0.632. The lowest BCUT2D eigenvalue weighted by Crippen LogP contribution is -2.43. The number of carbonyl (C=O) groups excluding carboxylic acids is 1. The molecule has 0 atom stereocenters. The first-order chi connectivity index (χ1) is 11.2. The molecule has 1 aromatic rings. The van der Waals surface area contributed by atoms with E-state index in [1.165, 1.54) is 49.8 Å². The van der Waals surface area contributed by atoms with Gasteiger partial charge in [-0.15, -0.1) is 11.8 Å². The first kappa shape index (κ1) is 16.7. The summed E-state index contributed by atoms with van der Waals surface area (Å²) in [5.74, 6) is 0. The Bertz CT molecular complexity index is 530. The molecule has 1 aromatic carbocycles. The Morgan fingerprint density at radius 2 is 1.87 bits per heavy atom. The molecule has 2 N–H and O–H groups in total. The van der Waals surface area contributed by atoms with Crippen LogP contribution < -0.4 is 10.6 Å². The van der Waals surface area contributed by atoms with Gasteiger partial charge in [-0.3, -0.25) is 0 Å². The monoisotopic (exact) mass is 332 g/mol. The van der Waals surface area contributed by atoms with Crippen molar-refractivity contribution in [3.63, 3.8) is 0 Å². The van der Waals surface area contributed by atoms with E-state index in [4.69, 9.17) is 0 Å². The van der Waals surface area contributed by atoms with E-state index >= 15 is 0 Å². The Labute approximate surface area is 144 Å². The highest BCUT2D eigenvalue weighted by molar-refractivity contribution is 7.98. The Balaban J connectivity index is 1.47. The molecule has 23 heavy (non-hydrogen) atoms. The molecule has 0 aromatic heterocycles. The molecule has 126 valence electrons. The number of benzene rings is 1. The lowest BCUT2D eigenvalue weighted by molar-refractivity contribution is 0.109. The molecule has 0 aliphatic heterocycles. The van der Waals surface area contributed by atoms with E-state index in [9.17, 15) is 4.79 Å². The van der Waals surface area contributed by atoms with Gasteiger partial charge in [-0.05, 0) is 68.4 Å². The minimum absolute atomic E-state index is 0.0622. The summed E-state index contributed by atoms with van der Waals surface area (Å²) in [6.07, 6.45) is 14.0. The van der Waals surface area contributed by atoms with Gasteiger partial charge in [0.1, 0.15) is 0 Å². The topological polar surface area (TPSA) is 41.1 Å². The normalized spacial score (nSPS) is 21.1. The number of nitrogens with one attached hydrogen (secondary N) is 2. The maximum absolute atomic E-state index is 12.2. The largest absolute Gasteiger partial charge is 0.335 e. The number of thioether (sulfide) groups is 1. The van der Waals surface area contributed by atoms with Crippen LogP contribution >= 0.6 is 11.8 Å². The van der Waals surface area contributed by atoms with Gasteiger partial charge in [0.05, 0.1) is 0 Å². The third-order valence-corrected chi connectivity index (χ3v) is 6.35. The summed E-state index contributed by atoms with van der Waals surface area (Å²) in [5, 5.41) is 6.14. The van der Waals surface area contributed by atoms with E-state index in [-0.39, 0.29) is 6.03 Å². The van der Waals surface area contributed by atoms with Crippen molar-refractivity contribution in [1.82, 2.24) is 5.32 Å². The predicted octanol–water partition coefficient (Wildman–Crippen LogP) is 5.42. The number of rotatable bonds is 3. The first-order valence-corrected chi connectivity index (χ1v) is 10.1. The summed E-state index contributed by atoms with van der Waals surface area (Å²) >= 11 is 1.69. The van der Waals surface area contributed by atoms with Gasteiger partial charge in [0.2, 0.25) is 0 Å². The third-order valence-electron chi connectivity index (χ3n) is 5.62. The van der Waals surface area contributed by atoms with Crippen LogP contribution in [-0.2, 0) is 0 Å². The van der Waals surface area contributed by atoms with E-state index < -0.39 is 0 Å². The lowest BCUT2D eigenvalue weighted by atomic mass is 9.64. The SMILES string of the molecule is CSc1cccc(NC(=O)NC2CCC3(CCCCC3)CC2)c1. The zero-order valence-electron chi connectivity index (χ0n) is 14.1. The van der Waals surface area contributed by atoms with Crippen LogP contribution in [-0.4, -0.2) is 18.3 Å². The van der Waals surface area contributed by atoms with E-state index in [0.29, 0.717) is 11.5 Å². The molecule has 2 saturated carbocycles. The Hall–Kier alpha value is -1.16. The molecule has 0 radical (unpaired) electrons. The lowest BCUT2D eigenvalue weighted by Gasteiger charge is -2.43. The molecule has 2 aliphatic carbocycles. The second kappa shape index (κ2) is 7.61. The second-order valence-corrected chi connectivity index (χ2v) is 8.05. The van der Waals surface area contributed by atoms with Crippen molar-refractivity contribution in [2.45, 2.75) is 68.7 Å². The molecule has 0 bridgehead atoms. The summed E-state index contributed by atoms with van der Waals surface area (Å²) in [6.45, 7) is 0. The van der Waals surface area contributed by atoms with Crippen LogP contribution in [0.4, 0.5) is 10.5 Å². The van der Waals surface area contributed by atoms with Crippen molar-refractivity contribution in [2.24, 2.45) is 5.41 Å². The van der Waals surface area contributed by atoms with Crippen LogP contribution in [0.15, 0.2) is 29.2 Å². The van der Waals surface area contributed by atoms with Gasteiger partial charge >= 0.3 is 6.03 Å². The van der Waals surface area contributed by atoms with Crippen molar-refractivity contribution in [2.75, 3.05) is 11.6 Å². The van der Waals surface area contributed by atoms with Gasteiger partial charge in [0, 0.05) is 16.6 Å². The molecule has 2 aliphatic rings. The van der Waals surface area contributed by atoms with Crippen LogP contribution in [0.1, 0.15) is 57.8 Å². The van der Waals surface area contributed by atoms with Crippen molar-refractivity contribution < 1.29 is 4.79 Å². The van der Waals surface area contributed by atoms with Gasteiger partial charge in [-0.2, -0.15) is 0 Å². The van der Waals surface area contributed by atoms with Crippen LogP contribution in [0, 0.1) is 5.41 Å². The van der Waals surface area contributed by atoms with E-state index in [2.05, 4.69) is 16.7 Å². The molecule has 3 nitrogen and oxygen atoms in total. The highest BCUT2D eigenvalue weighted by atomic mass is 32.2. The van der Waals surface area contributed by atoms with Gasteiger partial charge < -0.3 is 10.6 Å². The number of hydrogen-bond acceptors (Lipinski definition) is 2. The van der Waals surface area contributed by atoms with Crippen molar-refractivity contribution >= 4 is 23.5 Å². The molecular weight excluding hydrogens is 304 g/mol. The fourth-order valence-corrected chi connectivity index (χ4v) is 4.69. The highest BCUT2D eigenvalue weighted by Crippen LogP contribution is 2.47. The number of urea groups is 1. The second-order valence-electron chi connectivity index (χ2n) is 7.17. The first-order valence-electron chi connectivity index (χ1n) is 8.91. The summed E-state index contributed by atoms with van der Waals surface area (Å²) in [6, 6.07) is 8.27. The zero-order chi connectivity index (χ0) is 16.1. The summed E-state index contributed by atoms with van der Waals surface area (Å²) < 4.78 is 0. The number of amides is 2. The molecule has 0 unspecified atom stereocenters. The van der Waals surface area contributed by atoms with E-state index in [1.54, 1.807) is 11.8 Å². The quantitative estimate of drug-likeness (QED) is 0.725. The third kappa shape index (κ3) is 4.43. The van der Waals surface area contributed by atoms with Gasteiger partial charge in [-0.25, -0.2) is 4.79 Å². The fourth-order valence-electron chi connectivity index (χ4n) is 4.23. The Morgan fingerprint density at radius 1 is 1.13 bits per heavy atom. The van der Waals surface area contributed by atoms with Crippen LogP contribution in [0.25, 0.3) is 0 Å².